The van der Waals surface area contributed by atoms with Gasteiger partial charge in [-0.15, -0.1) is 24.2 Å². The van der Waals surface area contributed by atoms with Crippen LogP contribution in [-0.2, 0) is 9.59 Å². The molecule has 3 aliphatic heterocycles. The quantitative estimate of drug-likeness (QED) is 0.765. The lowest BCUT2D eigenvalue weighted by Crippen LogP contribution is -2.57. The van der Waals surface area contributed by atoms with Crippen molar-refractivity contribution in [2.24, 2.45) is 0 Å². The number of piperidine rings is 1. The SMILES string of the molecule is Cl.O=C1CSc2ccc(C(=O)N3CCCC(N4CCNCC4=O)C3)cc2N1. The zero-order valence-corrected chi connectivity index (χ0v) is 16.5. The van der Waals surface area contributed by atoms with Gasteiger partial charge in [0.25, 0.3) is 5.91 Å². The molecule has 27 heavy (non-hydrogen) atoms. The molecule has 1 unspecified atom stereocenters. The van der Waals surface area contributed by atoms with Crippen LogP contribution in [0.4, 0.5) is 5.69 Å². The van der Waals surface area contributed by atoms with Gasteiger partial charge in [0.05, 0.1) is 18.0 Å². The van der Waals surface area contributed by atoms with Crippen molar-refractivity contribution in [3.63, 3.8) is 0 Å². The molecule has 1 aromatic rings. The lowest BCUT2D eigenvalue weighted by Gasteiger charge is -2.41. The number of nitrogens with one attached hydrogen (secondary N) is 2. The summed E-state index contributed by atoms with van der Waals surface area (Å²) in [6, 6.07) is 5.58. The summed E-state index contributed by atoms with van der Waals surface area (Å²) >= 11 is 1.49. The number of rotatable bonds is 2. The number of fused-ring (bicyclic) bond motifs is 1. The van der Waals surface area contributed by atoms with Crippen LogP contribution < -0.4 is 10.6 Å². The van der Waals surface area contributed by atoms with Gasteiger partial charge in [0.2, 0.25) is 11.8 Å². The van der Waals surface area contributed by atoms with Gasteiger partial charge in [0, 0.05) is 42.7 Å². The van der Waals surface area contributed by atoms with Crippen molar-refractivity contribution >= 4 is 47.6 Å². The molecule has 3 heterocycles. The first-order valence-electron chi connectivity index (χ1n) is 8.98. The Hall–Kier alpha value is -1.77. The standard InChI is InChI=1S/C18H22N4O3S.ClH/c23-16-11-26-15-4-3-12(8-14(15)20-16)18(25)21-6-1-2-13(10-21)22-7-5-19-9-17(22)24;/h3-4,8,13,19H,1-2,5-7,9-11H2,(H,20,23);1H. The minimum atomic E-state index is -0.0395. The number of nitrogens with zero attached hydrogens (tertiary/aromatic N) is 2. The summed E-state index contributed by atoms with van der Waals surface area (Å²) in [5, 5.41) is 5.92. The second-order valence-electron chi connectivity index (χ2n) is 6.86. The molecule has 7 nitrogen and oxygen atoms in total. The number of anilines is 1. The Morgan fingerprint density at radius 1 is 1.22 bits per heavy atom. The molecule has 2 N–H and O–H groups in total. The maximum Gasteiger partial charge on any atom is 0.254 e. The molecule has 4 rings (SSSR count). The second kappa shape index (κ2) is 8.50. The normalized spacial score (nSPS) is 22.6. The van der Waals surface area contributed by atoms with Crippen molar-refractivity contribution in [2.45, 2.75) is 23.8 Å². The van der Waals surface area contributed by atoms with Gasteiger partial charge in [-0.3, -0.25) is 14.4 Å². The van der Waals surface area contributed by atoms with Gasteiger partial charge >= 0.3 is 0 Å². The third kappa shape index (κ3) is 4.23. The fourth-order valence-corrected chi connectivity index (χ4v) is 4.59. The van der Waals surface area contributed by atoms with Gasteiger partial charge < -0.3 is 20.4 Å². The minimum Gasteiger partial charge on any atom is -0.337 e. The van der Waals surface area contributed by atoms with Gasteiger partial charge in [0.15, 0.2) is 0 Å². The van der Waals surface area contributed by atoms with E-state index in [-0.39, 0.29) is 36.2 Å². The average Bonchev–Trinajstić information content (AvgIpc) is 2.67. The summed E-state index contributed by atoms with van der Waals surface area (Å²) in [6.45, 7) is 3.16. The maximum atomic E-state index is 13.0. The maximum absolute atomic E-state index is 13.0. The Balaban J connectivity index is 0.00000210. The molecule has 9 heteroatoms. The van der Waals surface area contributed by atoms with E-state index in [0.717, 1.165) is 24.3 Å². The van der Waals surface area contributed by atoms with Crippen molar-refractivity contribution in [3.05, 3.63) is 23.8 Å². The fraction of sp³-hybridized carbons (Fsp3) is 0.500. The van der Waals surface area contributed by atoms with Crippen molar-refractivity contribution in [3.8, 4) is 0 Å². The largest absolute Gasteiger partial charge is 0.337 e. The van der Waals surface area contributed by atoms with Crippen LogP contribution in [0.3, 0.4) is 0 Å². The molecule has 0 saturated carbocycles. The first-order chi connectivity index (χ1) is 12.6. The minimum absolute atomic E-state index is 0. The lowest BCUT2D eigenvalue weighted by molar-refractivity contribution is -0.135. The van der Waals surface area contributed by atoms with Gasteiger partial charge in [-0.1, -0.05) is 0 Å². The zero-order chi connectivity index (χ0) is 18.1. The van der Waals surface area contributed by atoms with Gasteiger partial charge in [-0.2, -0.15) is 0 Å². The van der Waals surface area contributed by atoms with Crippen LogP contribution in [0.5, 0.6) is 0 Å². The molecular formula is C18H23ClN4O3S. The Kier molecular flexibility index (Phi) is 6.29. The molecule has 2 saturated heterocycles. The number of likely N-dealkylation sites (tertiary alicyclic amines) is 1. The molecule has 0 radical (unpaired) electrons. The van der Waals surface area contributed by atoms with Crippen LogP contribution in [0, 0.1) is 0 Å². The summed E-state index contributed by atoms with van der Waals surface area (Å²) < 4.78 is 0. The molecule has 0 aromatic heterocycles. The average molecular weight is 411 g/mol. The van der Waals surface area contributed by atoms with Gasteiger partial charge in [0.1, 0.15) is 0 Å². The number of piperazine rings is 1. The topological polar surface area (TPSA) is 81.8 Å². The molecule has 0 spiro atoms. The third-order valence-corrected chi connectivity index (χ3v) is 6.18. The van der Waals surface area contributed by atoms with Crippen molar-refractivity contribution in [1.82, 2.24) is 15.1 Å². The van der Waals surface area contributed by atoms with Crippen molar-refractivity contribution in [1.29, 1.82) is 0 Å². The van der Waals surface area contributed by atoms with E-state index in [1.807, 2.05) is 21.9 Å². The number of hydrogen-bond acceptors (Lipinski definition) is 5. The summed E-state index contributed by atoms with van der Waals surface area (Å²) in [7, 11) is 0. The molecule has 146 valence electrons. The highest BCUT2D eigenvalue weighted by Gasteiger charge is 2.32. The van der Waals surface area contributed by atoms with E-state index in [4.69, 9.17) is 0 Å². The first-order valence-corrected chi connectivity index (χ1v) is 9.96. The predicted octanol–water partition coefficient (Wildman–Crippen LogP) is 1.19. The van der Waals surface area contributed by atoms with E-state index in [0.29, 0.717) is 43.2 Å². The lowest BCUT2D eigenvalue weighted by atomic mass is 10.0. The van der Waals surface area contributed by atoms with Crippen LogP contribution in [-0.4, -0.2) is 72.0 Å². The molecule has 3 aliphatic rings. The monoisotopic (exact) mass is 410 g/mol. The number of amides is 3. The van der Waals surface area contributed by atoms with Crippen molar-refractivity contribution < 1.29 is 14.4 Å². The number of hydrogen-bond donors (Lipinski definition) is 2. The van der Waals surface area contributed by atoms with E-state index in [2.05, 4.69) is 10.6 Å². The summed E-state index contributed by atoms with van der Waals surface area (Å²) in [5.74, 6) is 0.448. The van der Waals surface area contributed by atoms with Crippen LogP contribution in [0.2, 0.25) is 0 Å². The highest BCUT2D eigenvalue weighted by molar-refractivity contribution is 8.00. The highest BCUT2D eigenvalue weighted by atomic mass is 35.5. The summed E-state index contributed by atoms with van der Waals surface area (Å²) in [5.41, 5.74) is 1.29. The molecule has 2 fully saturated rings. The zero-order valence-electron chi connectivity index (χ0n) is 14.9. The highest BCUT2D eigenvalue weighted by Crippen LogP contribution is 2.32. The molecule has 1 aromatic carbocycles. The van der Waals surface area contributed by atoms with E-state index in [1.165, 1.54) is 11.8 Å². The number of carbonyl (C=O) groups is 3. The van der Waals surface area contributed by atoms with E-state index in [9.17, 15) is 14.4 Å². The first kappa shape index (κ1) is 20.0. The van der Waals surface area contributed by atoms with E-state index >= 15 is 0 Å². The summed E-state index contributed by atoms with van der Waals surface area (Å²) in [6.07, 6.45) is 1.83. The molecular weight excluding hydrogens is 388 g/mol. The number of thioether (sulfide) groups is 1. The Morgan fingerprint density at radius 2 is 2.07 bits per heavy atom. The number of carbonyl (C=O) groups excluding carboxylic acids is 3. The molecule has 3 amide bonds. The van der Waals surface area contributed by atoms with E-state index < -0.39 is 0 Å². The van der Waals surface area contributed by atoms with Gasteiger partial charge in [-0.25, -0.2) is 0 Å². The van der Waals surface area contributed by atoms with E-state index in [1.54, 1.807) is 6.07 Å². The number of benzene rings is 1. The van der Waals surface area contributed by atoms with Gasteiger partial charge in [-0.05, 0) is 31.0 Å². The van der Waals surface area contributed by atoms with Crippen LogP contribution in [0.15, 0.2) is 23.1 Å². The summed E-state index contributed by atoms with van der Waals surface area (Å²) in [4.78, 5) is 41.4. The third-order valence-electron chi connectivity index (χ3n) is 5.11. The molecule has 0 aliphatic carbocycles. The number of halogens is 1. The Labute approximate surface area is 168 Å². The predicted molar refractivity (Wildman–Crippen MR) is 107 cm³/mol. The second-order valence-corrected chi connectivity index (χ2v) is 7.88. The Morgan fingerprint density at radius 3 is 2.89 bits per heavy atom. The van der Waals surface area contributed by atoms with Crippen molar-refractivity contribution in [2.75, 3.05) is 43.8 Å². The molecule has 1 atom stereocenters. The smallest absolute Gasteiger partial charge is 0.254 e. The Bertz CT molecular complexity index is 760. The van der Waals surface area contributed by atoms with Crippen LogP contribution >= 0.6 is 24.2 Å². The molecule has 0 bridgehead atoms. The fourth-order valence-electron chi connectivity index (χ4n) is 3.80. The van der Waals surface area contributed by atoms with Crippen LogP contribution in [0.1, 0.15) is 23.2 Å². The van der Waals surface area contributed by atoms with Crippen LogP contribution in [0.25, 0.3) is 0 Å².